The van der Waals surface area contributed by atoms with Gasteiger partial charge in [0.05, 0.1) is 11.9 Å². The van der Waals surface area contributed by atoms with Crippen LogP contribution in [0.5, 0.6) is 0 Å². The number of nitrogens with zero attached hydrogens (tertiary/aromatic N) is 2. The molecule has 0 unspecified atom stereocenters. The largest absolute Gasteiger partial charge is 0.360 e. The molecule has 9 heteroatoms. The molecule has 4 N–H and O–H groups in total. The van der Waals surface area contributed by atoms with Crippen molar-refractivity contribution in [3.8, 4) is 11.3 Å². The van der Waals surface area contributed by atoms with Gasteiger partial charge in [0.1, 0.15) is 22.7 Å². The second kappa shape index (κ2) is 8.27. The predicted octanol–water partition coefficient (Wildman–Crippen LogP) is 2.35. The number of aromatic nitrogens is 3. The van der Waals surface area contributed by atoms with Gasteiger partial charge in [0.25, 0.3) is 11.8 Å². The Morgan fingerprint density at radius 3 is 2.69 bits per heavy atom. The van der Waals surface area contributed by atoms with Gasteiger partial charge in [-0.3, -0.25) is 14.7 Å². The van der Waals surface area contributed by atoms with E-state index in [0.29, 0.717) is 22.7 Å². The molecular formula is C20H24N6O3. The molecule has 1 aromatic carbocycles. The molecule has 9 nitrogen and oxygen atoms in total. The third kappa shape index (κ3) is 4.04. The number of aryl methyl sites for hydroxylation is 1. The number of rotatable bonds is 5. The zero-order valence-electron chi connectivity index (χ0n) is 16.0. The number of hydrogen-bond donors (Lipinski definition) is 4. The Labute approximate surface area is 168 Å². The Morgan fingerprint density at radius 2 is 1.93 bits per heavy atom. The maximum absolute atomic E-state index is 13.0. The third-order valence-corrected chi connectivity index (χ3v) is 4.93. The Bertz CT molecular complexity index is 1010. The van der Waals surface area contributed by atoms with Crippen molar-refractivity contribution in [2.75, 3.05) is 18.4 Å². The van der Waals surface area contributed by atoms with Crippen molar-refractivity contribution >= 4 is 17.5 Å². The van der Waals surface area contributed by atoms with E-state index in [4.69, 9.17) is 4.52 Å². The molecular weight excluding hydrogens is 372 g/mol. The van der Waals surface area contributed by atoms with Crippen molar-refractivity contribution in [2.24, 2.45) is 0 Å². The molecule has 0 bridgehead atoms. The van der Waals surface area contributed by atoms with Crippen molar-refractivity contribution < 1.29 is 15.5 Å². The molecule has 0 spiro atoms. The van der Waals surface area contributed by atoms with Crippen LogP contribution in [-0.2, 0) is 0 Å². The summed E-state index contributed by atoms with van der Waals surface area (Å²) in [5.74, 6) is -0.319. The van der Waals surface area contributed by atoms with E-state index in [2.05, 4.69) is 31.3 Å². The number of piperidine rings is 1. The molecule has 1 fully saturated rings. The van der Waals surface area contributed by atoms with E-state index in [0.717, 1.165) is 31.5 Å². The number of carbonyl (C=O) groups excluding carboxylic acids is 2. The molecule has 0 radical (unpaired) electrons. The fourth-order valence-corrected chi connectivity index (χ4v) is 3.40. The first-order chi connectivity index (χ1) is 14.1. The lowest BCUT2D eigenvalue weighted by Gasteiger charge is -2.23. The summed E-state index contributed by atoms with van der Waals surface area (Å²) in [5.41, 5.74) is 2.06. The van der Waals surface area contributed by atoms with Crippen LogP contribution in [0.4, 0.5) is 5.69 Å². The Hall–Kier alpha value is -3.46. The molecule has 3 aromatic rings. The van der Waals surface area contributed by atoms with Gasteiger partial charge in [0.2, 0.25) is 0 Å². The van der Waals surface area contributed by atoms with Gasteiger partial charge in [0.15, 0.2) is 0 Å². The summed E-state index contributed by atoms with van der Waals surface area (Å²) < 4.78 is 5.25. The lowest BCUT2D eigenvalue weighted by molar-refractivity contribution is 0.0925. The molecule has 0 atom stereocenters. The minimum atomic E-state index is -0.417. The fraction of sp³-hybridized carbons (Fsp3) is 0.300. The highest BCUT2D eigenvalue weighted by molar-refractivity contribution is 6.11. The Morgan fingerprint density at radius 1 is 1.17 bits per heavy atom. The maximum Gasteiger partial charge on any atom is 0.271 e. The van der Waals surface area contributed by atoms with E-state index in [1.54, 1.807) is 6.92 Å². The van der Waals surface area contributed by atoms with Gasteiger partial charge in [-0.05, 0) is 32.9 Å². The topological polar surface area (TPSA) is 125 Å². The summed E-state index contributed by atoms with van der Waals surface area (Å²) in [6, 6.07) is 9.41. The van der Waals surface area contributed by atoms with E-state index in [9.17, 15) is 9.59 Å². The summed E-state index contributed by atoms with van der Waals surface area (Å²) in [6.07, 6.45) is 3.14. The summed E-state index contributed by atoms with van der Waals surface area (Å²) >= 11 is 0. The van der Waals surface area contributed by atoms with Crippen molar-refractivity contribution in [2.45, 2.75) is 25.8 Å². The van der Waals surface area contributed by atoms with Gasteiger partial charge in [-0.15, -0.1) is 0 Å². The first-order valence-corrected chi connectivity index (χ1v) is 9.51. The molecule has 2 aromatic heterocycles. The Balaban J connectivity index is 0.00000256. The van der Waals surface area contributed by atoms with Crippen molar-refractivity contribution in [1.29, 1.82) is 0 Å². The smallest absolute Gasteiger partial charge is 0.271 e. The standard InChI is InChI=1S/C20H22N6O3.H2/c1-12-16(17(26-29-12)13-5-3-2-4-6-13)19(27)24-15-11-22-25-18(15)20(28)23-14-7-9-21-10-8-14;/h2-6,11,14,21H,7-10H2,1H3,(H,22,25)(H,23,28)(H,24,27);1H. The number of H-pyrrole nitrogens is 1. The highest BCUT2D eigenvalue weighted by Crippen LogP contribution is 2.26. The van der Waals surface area contributed by atoms with Gasteiger partial charge in [-0.2, -0.15) is 5.10 Å². The quantitative estimate of drug-likeness (QED) is 0.525. The van der Waals surface area contributed by atoms with Crippen LogP contribution in [0, 0.1) is 6.92 Å². The van der Waals surface area contributed by atoms with Gasteiger partial charge in [0, 0.05) is 13.0 Å². The number of carbonyl (C=O) groups is 2. The van der Waals surface area contributed by atoms with Crippen LogP contribution in [0.25, 0.3) is 11.3 Å². The van der Waals surface area contributed by atoms with Crippen LogP contribution in [0.3, 0.4) is 0 Å². The van der Waals surface area contributed by atoms with Crippen LogP contribution in [0.2, 0.25) is 0 Å². The second-order valence-corrected chi connectivity index (χ2v) is 6.94. The van der Waals surface area contributed by atoms with Crippen molar-refractivity contribution in [3.05, 3.63) is 53.5 Å². The normalized spacial score (nSPS) is 14.5. The molecule has 1 aliphatic rings. The first-order valence-electron chi connectivity index (χ1n) is 9.51. The van der Waals surface area contributed by atoms with E-state index in [1.807, 2.05) is 30.3 Å². The van der Waals surface area contributed by atoms with Crippen LogP contribution in [0.15, 0.2) is 41.1 Å². The first kappa shape index (κ1) is 18.9. The van der Waals surface area contributed by atoms with Crippen molar-refractivity contribution in [1.82, 2.24) is 26.0 Å². The van der Waals surface area contributed by atoms with Gasteiger partial charge < -0.3 is 20.5 Å². The SMILES string of the molecule is Cc1onc(-c2ccccc2)c1C(=O)Nc1cn[nH]c1C(=O)NC1CCNCC1.[HH]. The van der Waals surface area contributed by atoms with Crippen LogP contribution in [-0.4, -0.2) is 46.3 Å². The van der Waals surface area contributed by atoms with E-state index in [1.165, 1.54) is 6.20 Å². The molecule has 0 saturated carbocycles. The molecule has 1 aliphatic heterocycles. The summed E-state index contributed by atoms with van der Waals surface area (Å²) in [5, 5.41) is 19.6. The highest BCUT2D eigenvalue weighted by Gasteiger charge is 2.25. The average Bonchev–Trinajstić information content (AvgIpc) is 3.36. The number of benzene rings is 1. The molecule has 1 saturated heterocycles. The van der Waals surface area contributed by atoms with Gasteiger partial charge >= 0.3 is 0 Å². The number of amides is 2. The fourth-order valence-electron chi connectivity index (χ4n) is 3.40. The Kier molecular flexibility index (Phi) is 5.39. The van der Waals surface area contributed by atoms with E-state index >= 15 is 0 Å². The van der Waals surface area contributed by atoms with Gasteiger partial charge in [-0.1, -0.05) is 35.5 Å². The molecule has 4 rings (SSSR count). The number of aromatic amines is 1. The van der Waals surface area contributed by atoms with Crippen LogP contribution >= 0.6 is 0 Å². The molecule has 0 aliphatic carbocycles. The zero-order chi connectivity index (χ0) is 20.2. The second-order valence-electron chi connectivity index (χ2n) is 6.94. The number of nitrogens with one attached hydrogen (secondary N) is 4. The zero-order valence-corrected chi connectivity index (χ0v) is 16.0. The van der Waals surface area contributed by atoms with Crippen LogP contribution < -0.4 is 16.0 Å². The van der Waals surface area contributed by atoms with E-state index in [-0.39, 0.29) is 19.1 Å². The van der Waals surface area contributed by atoms with Crippen LogP contribution in [0.1, 0.15) is 40.9 Å². The molecule has 2 amide bonds. The highest BCUT2D eigenvalue weighted by atomic mass is 16.5. The lowest BCUT2D eigenvalue weighted by Crippen LogP contribution is -2.43. The maximum atomic E-state index is 13.0. The third-order valence-electron chi connectivity index (χ3n) is 4.93. The molecule has 3 heterocycles. The van der Waals surface area contributed by atoms with Crippen molar-refractivity contribution in [3.63, 3.8) is 0 Å². The lowest BCUT2D eigenvalue weighted by atomic mass is 10.1. The van der Waals surface area contributed by atoms with E-state index < -0.39 is 5.91 Å². The average molecular weight is 396 g/mol. The predicted molar refractivity (Wildman–Crippen MR) is 109 cm³/mol. The summed E-state index contributed by atoms with van der Waals surface area (Å²) in [4.78, 5) is 25.6. The number of anilines is 1. The summed E-state index contributed by atoms with van der Waals surface area (Å²) in [7, 11) is 0. The minimum absolute atomic E-state index is 0. The molecule has 152 valence electrons. The number of hydrogen-bond acceptors (Lipinski definition) is 6. The molecule has 29 heavy (non-hydrogen) atoms. The summed E-state index contributed by atoms with van der Waals surface area (Å²) in [6.45, 7) is 3.41. The van der Waals surface area contributed by atoms with Gasteiger partial charge in [-0.25, -0.2) is 0 Å². The monoisotopic (exact) mass is 396 g/mol. The minimum Gasteiger partial charge on any atom is -0.360 e.